The maximum Gasteiger partial charge on any atom is 0.225 e. The maximum atomic E-state index is 13.5. The van der Waals surface area contributed by atoms with Crippen LogP contribution < -0.4 is 5.73 Å². The lowest BCUT2D eigenvalue weighted by Gasteiger charge is -2.14. The van der Waals surface area contributed by atoms with Crippen LogP contribution in [0.3, 0.4) is 0 Å². The second kappa shape index (κ2) is 5.70. The summed E-state index contributed by atoms with van der Waals surface area (Å²) < 4.78 is 39.3. The van der Waals surface area contributed by atoms with Crippen molar-refractivity contribution in [3.05, 3.63) is 35.1 Å². The van der Waals surface area contributed by atoms with Gasteiger partial charge in [-0.2, -0.15) is 0 Å². The predicted octanol–water partition coefficient (Wildman–Crippen LogP) is 2.86. The van der Waals surface area contributed by atoms with E-state index in [-0.39, 0.29) is 5.56 Å². The molecule has 5 heteroatoms. The number of carbonyl (C=O) groups is 1. The Morgan fingerprint density at radius 1 is 1.29 bits per heavy atom. The number of amides is 1. The van der Waals surface area contributed by atoms with Crippen molar-refractivity contribution >= 4 is 5.91 Å². The zero-order chi connectivity index (χ0) is 13.0. The number of rotatable bonds is 5. The minimum absolute atomic E-state index is 0.176. The van der Waals surface area contributed by atoms with E-state index in [4.69, 9.17) is 5.73 Å². The highest BCUT2D eigenvalue weighted by molar-refractivity contribution is 5.81. The SMILES string of the molecule is CCCCC(C(N)=O)c1ccc(F)c(F)c1F. The first-order chi connectivity index (χ1) is 7.99. The van der Waals surface area contributed by atoms with Crippen LogP contribution in [0, 0.1) is 17.5 Å². The minimum atomic E-state index is -1.56. The highest BCUT2D eigenvalue weighted by atomic mass is 19.2. The summed E-state index contributed by atoms with van der Waals surface area (Å²) >= 11 is 0. The molecule has 0 saturated carbocycles. The van der Waals surface area contributed by atoms with Crippen molar-refractivity contribution in [2.75, 3.05) is 0 Å². The Hall–Kier alpha value is -1.52. The highest BCUT2D eigenvalue weighted by Crippen LogP contribution is 2.26. The Morgan fingerprint density at radius 2 is 1.94 bits per heavy atom. The third-order valence-corrected chi connectivity index (χ3v) is 2.63. The molecule has 0 heterocycles. The van der Waals surface area contributed by atoms with E-state index in [1.807, 2.05) is 6.92 Å². The molecule has 1 aromatic rings. The van der Waals surface area contributed by atoms with Gasteiger partial charge in [-0.25, -0.2) is 13.2 Å². The molecule has 0 aliphatic heterocycles. The number of hydrogen-bond donors (Lipinski definition) is 1. The van der Waals surface area contributed by atoms with Gasteiger partial charge in [0.1, 0.15) is 0 Å². The van der Waals surface area contributed by atoms with E-state index in [1.165, 1.54) is 0 Å². The normalized spacial score (nSPS) is 12.5. The molecule has 0 fully saturated rings. The number of benzene rings is 1. The predicted molar refractivity (Wildman–Crippen MR) is 57.8 cm³/mol. The molecule has 0 radical (unpaired) electrons. The lowest BCUT2D eigenvalue weighted by atomic mass is 9.92. The molecule has 0 bridgehead atoms. The van der Waals surface area contributed by atoms with E-state index in [0.717, 1.165) is 18.6 Å². The first kappa shape index (κ1) is 13.5. The number of carbonyl (C=O) groups excluding carboxylic acids is 1. The second-order valence-electron chi connectivity index (χ2n) is 3.86. The van der Waals surface area contributed by atoms with Crippen LogP contribution in [0.4, 0.5) is 13.2 Å². The van der Waals surface area contributed by atoms with Gasteiger partial charge in [-0.05, 0) is 12.5 Å². The standard InChI is InChI=1S/C12H14F3NO/c1-2-3-4-8(12(16)17)7-5-6-9(13)11(15)10(7)14/h5-6,8H,2-4H2,1H3,(H2,16,17). The number of unbranched alkanes of at least 4 members (excludes halogenated alkanes) is 1. The number of nitrogens with two attached hydrogens (primary N) is 1. The fraction of sp³-hybridized carbons (Fsp3) is 0.417. The van der Waals surface area contributed by atoms with Gasteiger partial charge < -0.3 is 5.73 Å². The lowest BCUT2D eigenvalue weighted by molar-refractivity contribution is -0.119. The molecular weight excluding hydrogens is 231 g/mol. The summed E-state index contributed by atoms with van der Waals surface area (Å²) in [4.78, 5) is 11.2. The third kappa shape index (κ3) is 2.99. The summed E-state index contributed by atoms with van der Waals surface area (Å²) in [6.45, 7) is 1.90. The summed E-state index contributed by atoms with van der Waals surface area (Å²) in [5.74, 6) is -5.81. The van der Waals surface area contributed by atoms with Crippen molar-refractivity contribution in [3.8, 4) is 0 Å². The number of primary amides is 1. The molecule has 0 aliphatic rings. The number of halogens is 3. The molecule has 0 aromatic heterocycles. The molecule has 0 aliphatic carbocycles. The first-order valence-electron chi connectivity index (χ1n) is 5.41. The molecule has 17 heavy (non-hydrogen) atoms. The van der Waals surface area contributed by atoms with Crippen LogP contribution >= 0.6 is 0 Å². The van der Waals surface area contributed by atoms with Crippen molar-refractivity contribution in [1.29, 1.82) is 0 Å². The average Bonchev–Trinajstić information content (AvgIpc) is 2.28. The summed E-state index contributed by atoms with van der Waals surface area (Å²) in [5.41, 5.74) is 4.97. The molecule has 2 nitrogen and oxygen atoms in total. The van der Waals surface area contributed by atoms with Gasteiger partial charge in [0.15, 0.2) is 17.5 Å². The minimum Gasteiger partial charge on any atom is -0.369 e. The fourth-order valence-corrected chi connectivity index (χ4v) is 1.67. The Kier molecular flexibility index (Phi) is 4.54. The summed E-state index contributed by atoms with van der Waals surface area (Å²) in [5, 5.41) is 0. The van der Waals surface area contributed by atoms with Gasteiger partial charge in [0.2, 0.25) is 5.91 Å². The lowest BCUT2D eigenvalue weighted by Crippen LogP contribution is -2.23. The van der Waals surface area contributed by atoms with Crippen LogP contribution in [0.1, 0.15) is 37.7 Å². The summed E-state index contributed by atoms with van der Waals surface area (Å²) in [7, 11) is 0. The van der Waals surface area contributed by atoms with Gasteiger partial charge in [0.25, 0.3) is 0 Å². The first-order valence-corrected chi connectivity index (χ1v) is 5.41. The van der Waals surface area contributed by atoms with E-state index in [2.05, 4.69) is 0 Å². The van der Waals surface area contributed by atoms with Gasteiger partial charge in [-0.3, -0.25) is 4.79 Å². The van der Waals surface area contributed by atoms with Gasteiger partial charge >= 0.3 is 0 Å². The Morgan fingerprint density at radius 3 is 2.47 bits per heavy atom. The molecular formula is C12H14F3NO. The molecule has 1 amide bonds. The largest absolute Gasteiger partial charge is 0.369 e. The Balaban J connectivity index is 3.10. The van der Waals surface area contributed by atoms with E-state index >= 15 is 0 Å². The highest BCUT2D eigenvalue weighted by Gasteiger charge is 2.24. The second-order valence-corrected chi connectivity index (χ2v) is 3.86. The van der Waals surface area contributed by atoms with E-state index in [9.17, 15) is 18.0 Å². The smallest absolute Gasteiger partial charge is 0.225 e. The molecule has 94 valence electrons. The quantitative estimate of drug-likeness (QED) is 0.796. The Bertz CT molecular complexity index is 420. The average molecular weight is 245 g/mol. The zero-order valence-corrected chi connectivity index (χ0v) is 9.47. The fourth-order valence-electron chi connectivity index (χ4n) is 1.67. The van der Waals surface area contributed by atoms with Crippen LogP contribution in [0.5, 0.6) is 0 Å². The van der Waals surface area contributed by atoms with Crippen molar-refractivity contribution in [2.24, 2.45) is 5.73 Å². The van der Waals surface area contributed by atoms with Crippen molar-refractivity contribution < 1.29 is 18.0 Å². The summed E-state index contributed by atoms with van der Waals surface area (Å²) in [6.07, 6.45) is 1.79. The molecule has 1 atom stereocenters. The van der Waals surface area contributed by atoms with Gasteiger partial charge in [-0.1, -0.05) is 25.8 Å². The van der Waals surface area contributed by atoms with Crippen molar-refractivity contribution in [2.45, 2.75) is 32.1 Å². The zero-order valence-electron chi connectivity index (χ0n) is 9.47. The molecule has 2 N–H and O–H groups in total. The molecule has 1 rings (SSSR count). The summed E-state index contributed by atoms with van der Waals surface area (Å²) in [6, 6.07) is 1.87. The van der Waals surface area contributed by atoms with Crippen LogP contribution in [0.2, 0.25) is 0 Å². The number of hydrogen-bond acceptors (Lipinski definition) is 1. The molecule has 0 saturated heterocycles. The van der Waals surface area contributed by atoms with Crippen molar-refractivity contribution in [3.63, 3.8) is 0 Å². The van der Waals surface area contributed by atoms with E-state index in [0.29, 0.717) is 12.8 Å². The molecule has 1 unspecified atom stereocenters. The van der Waals surface area contributed by atoms with Crippen LogP contribution in [0.15, 0.2) is 12.1 Å². The monoisotopic (exact) mass is 245 g/mol. The van der Waals surface area contributed by atoms with E-state index < -0.39 is 29.3 Å². The van der Waals surface area contributed by atoms with Gasteiger partial charge in [0, 0.05) is 5.56 Å². The molecule has 1 aromatic carbocycles. The molecule has 0 spiro atoms. The Labute approximate surface area is 97.6 Å². The maximum absolute atomic E-state index is 13.5. The van der Waals surface area contributed by atoms with Crippen LogP contribution in [0.25, 0.3) is 0 Å². The third-order valence-electron chi connectivity index (χ3n) is 2.63. The van der Waals surface area contributed by atoms with Crippen LogP contribution in [-0.4, -0.2) is 5.91 Å². The van der Waals surface area contributed by atoms with Gasteiger partial charge in [0.05, 0.1) is 5.92 Å². The topological polar surface area (TPSA) is 43.1 Å². The van der Waals surface area contributed by atoms with Crippen molar-refractivity contribution in [1.82, 2.24) is 0 Å². The van der Waals surface area contributed by atoms with Crippen LogP contribution in [-0.2, 0) is 4.79 Å². The van der Waals surface area contributed by atoms with Gasteiger partial charge in [-0.15, -0.1) is 0 Å². The van der Waals surface area contributed by atoms with E-state index in [1.54, 1.807) is 0 Å².